The van der Waals surface area contributed by atoms with Crippen molar-refractivity contribution in [3.63, 3.8) is 0 Å². The molecule has 0 radical (unpaired) electrons. The van der Waals surface area contributed by atoms with Gasteiger partial charge in [-0.25, -0.2) is 4.98 Å². The topological polar surface area (TPSA) is 55.1 Å². The molecule has 0 spiro atoms. The Morgan fingerprint density at radius 2 is 2.32 bits per heavy atom. The average molecular weight is 297 g/mol. The molecular formula is C13H13ClN2O2S. The molecule has 0 aliphatic heterocycles. The maximum Gasteiger partial charge on any atom is 0.313 e. The monoisotopic (exact) mass is 296 g/mol. The number of carboxylic acids is 1. The van der Waals surface area contributed by atoms with Gasteiger partial charge in [0.15, 0.2) is 5.16 Å². The molecule has 0 aliphatic carbocycles. The van der Waals surface area contributed by atoms with Gasteiger partial charge in [0.25, 0.3) is 0 Å². The van der Waals surface area contributed by atoms with Crippen molar-refractivity contribution < 1.29 is 9.90 Å². The maximum absolute atomic E-state index is 10.7. The molecule has 0 saturated carbocycles. The molecule has 100 valence electrons. The van der Waals surface area contributed by atoms with Gasteiger partial charge in [-0.2, -0.15) is 0 Å². The minimum absolute atomic E-state index is 0.0307. The number of hydrogen-bond donors (Lipinski definition) is 1. The zero-order valence-corrected chi connectivity index (χ0v) is 12.0. The second kappa shape index (κ2) is 5.67. The van der Waals surface area contributed by atoms with E-state index in [9.17, 15) is 4.79 Å². The first-order valence-corrected chi connectivity index (χ1v) is 6.98. The van der Waals surface area contributed by atoms with Crippen LogP contribution in [-0.2, 0) is 11.3 Å². The highest BCUT2D eigenvalue weighted by Crippen LogP contribution is 2.26. The number of rotatable bonds is 5. The number of allylic oxidation sites excluding steroid dienone is 1. The van der Waals surface area contributed by atoms with E-state index in [1.165, 1.54) is 11.8 Å². The van der Waals surface area contributed by atoms with Crippen molar-refractivity contribution in [2.45, 2.75) is 18.6 Å². The Labute approximate surface area is 120 Å². The van der Waals surface area contributed by atoms with E-state index in [-0.39, 0.29) is 5.75 Å². The lowest BCUT2D eigenvalue weighted by molar-refractivity contribution is -0.133. The van der Waals surface area contributed by atoms with Crippen LogP contribution in [0.4, 0.5) is 0 Å². The predicted molar refractivity (Wildman–Crippen MR) is 77.8 cm³/mol. The zero-order chi connectivity index (χ0) is 14.0. The summed E-state index contributed by atoms with van der Waals surface area (Å²) in [5, 5.41) is 9.89. The smallest absolute Gasteiger partial charge is 0.313 e. The molecule has 1 N–H and O–H groups in total. The third-order valence-electron chi connectivity index (χ3n) is 2.52. The number of benzene rings is 1. The van der Waals surface area contributed by atoms with Crippen LogP contribution in [0.1, 0.15) is 5.56 Å². The Morgan fingerprint density at radius 1 is 1.58 bits per heavy atom. The van der Waals surface area contributed by atoms with E-state index in [0.717, 1.165) is 16.6 Å². The first-order chi connectivity index (χ1) is 8.97. The summed E-state index contributed by atoms with van der Waals surface area (Å²) in [6.45, 7) is 6.09. The normalized spacial score (nSPS) is 10.8. The Balaban J connectivity index is 2.47. The Hall–Kier alpha value is -1.46. The number of nitrogens with zero attached hydrogens (tertiary/aromatic N) is 2. The SMILES string of the molecule is C=C(Cl)Cn1c(SCC(=O)O)nc2cc(C)ccc21. The van der Waals surface area contributed by atoms with E-state index < -0.39 is 5.97 Å². The Morgan fingerprint density at radius 3 is 2.95 bits per heavy atom. The number of halogens is 1. The molecular weight excluding hydrogens is 284 g/mol. The highest BCUT2D eigenvalue weighted by molar-refractivity contribution is 7.99. The fourth-order valence-electron chi connectivity index (χ4n) is 1.78. The van der Waals surface area contributed by atoms with Gasteiger partial charge in [0.05, 0.1) is 23.3 Å². The van der Waals surface area contributed by atoms with Gasteiger partial charge in [-0.15, -0.1) is 0 Å². The maximum atomic E-state index is 10.7. The van der Waals surface area contributed by atoms with Crippen LogP contribution in [0, 0.1) is 6.92 Å². The summed E-state index contributed by atoms with van der Waals surface area (Å²) in [6.07, 6.45) is 0. The minimum Gasteiger partial charge on any atom is -0.481 e. The Bertz CT molecular complexity index is 651. The number of carboxylic acid groups (broad SMARTS) is 1. The van der Waals surface area contributed by atoms with E-state index in [0.29, 0.717) is 16.7 Å². The van der Waals surface area contributed by atoms with Gasteiger partial charge >= 0.3 is 5.97 Å². The first-order valence-electron chi connectivity index (χ1n) is 5.62. The van der Waals surface area contributed by atoms with E-state index in [1.807, 2.05) is 29.7 Å². The van der Waals surface area contributed by atoms with E-state index in [1.54, 1.807) is 0 Å². The van der Waals surface area contributed by atoms with Crippen molar-refractivity contribution >= 4 is 40.4 Å². The molecule has 2 rings (SSSR count). The first kappa shape index (κ1) is 14.0. The molecule has 1 aromatic carbocycles. The van der Waals surface area contributed by atoms with Gasteiger partial charge < -0.3 is 9.67 Å². The van der Waals surface area contributed by atoms with Crippen LogP contribution in [0.5, 0.6) is 0 Å². The van der Waals surface area contributed by atoms with E-state index in [4.69, 9.17) is 16.7 Å². The fourth-order valence-corrected chi connectivity index (χ4v) is 2.63. The van der Waals surface area contributed by atoms with Crippen LogP contribution in [0.3, 0.4) is 0 Å². The number of aromatic nitrogens is 2. The standard InChI is InChI=1S/C13H13ClN2O2S/c1-8-3-4-11-10(5-8)15-13(19-7-12(17)18)16(11)6-9(2)14/h3-5H,2,6-7H2,1H3,(H,17,18). The molecule has 0 unspecified atom stereocenters. The zero-order valence-electron chi connectivity index (χ0n) is 10.4. The molecule has 0 fully saturated rings. The van der Waals surface area contributed by atoms with E-state index in [2.05, 4.69) is 11.6 Å². The summed E-state index contributed by atoms with van der Waals surface area (Å²) in [7, 11) is 0. The molecule has 0 bridgehead atoms. The average Bonchev–Trinajstić information content (AvgIpc) is 2.63. The van der Waals surface area contributed by atoms with Gasteiger partial charge in [-0.05, 0) is 24.6 Å². The van der Waals surface area contributed by atoms with Crippen LogP contribution in [-0.4, -0.2) is 26.4 Å². The van der Waals surface area contributed by atoms with Crippen molar-refractivity contribution in [1.82, 2.24) is 9.55 Å². The molecule has 0 amide bonds. The van der Waals surface area contributed by atoms with Crippen molar-refractivity contribution in [2.75, 3.05) is 5.75 Å². The minimum atomic E-state index is -0.871. The van der Waals surface area contributed by atoms with Crippen molar-refractivity contribution in [1.29, 1.82) is 0 Å². The van der Waals surface area contributed by atoms with Crippen LogP contribution in [0.2, 0.25) is 0 Å². The Kier molecular flexibility index (Phi) is 4.17. The van der Waals surface area contributed by atoms with Gasteiger partial charge in [-0.1, -0.05) is 36.0 Å². The quantitative estimate of drug-likeness (QED) is 0.860. The number of aryl methyl sites for hydroxylation is 1. The van der Waals surface area contributed by atoms with Crippen molar-refractivity contribution in [2.24, 2.45) is 0 Å². The summed E-state index contributed by atoms with van der Waals surface area (Å²) in [5.74, 6) is -0.902. The molecule has 4 nitrogen and oxygen atoms in total. The summed E-state index contributed by atoms with van der Waals surface area (Å²) in [5.41, 5.74) is 2.88. The predicted octanol–water partition coefficient (Wildman–Crippen LogP) is 3.27. The molecule has 1 heterocycles. The van der Waals surface area contributed by atoms with Crippen LogP contribution in [0.25, 0.3) is 11.0 Å². The third kappa shape index (κ3) is 3.30. The number of imidazole rings is 1. The number of carbonyl (C=O) groups is 1. The summed E-state index contributed by atoms with van der Waals surface area (Å²) < 4.78 is 1.89. The molecule has 0 saturated heterocycles. The van der Waals surface area contributed by atoms with Crippen LogP contribution < -0.4 is 0 Å². The fraction of sp³-hybridized carbons (Fsp3) is 0.231. The lowest BCUT2D eigenvalue weighted by atomic mass is 10.2. The lowest BCUT2D eigenvalue weighted by Gasteiger charge is -2.06. The van der Waals surface area contributed by atoms with E-state index >= 15 is 0 Å². The second-order valence-corrected chi connectivity index (χ2v) is 5.65. The van der Waals surface area contributed by atoms with Crippen LogP contribution >= 0.6 is 23.4 Å². The molecule has 19 heavy (non-hydrogen) atoms. The van der Waals surface area contributed by atoms with Crippen molar-refractivity contribution in [3.8, 4) is 0 Å². The number of aliphatic carboxylic acids is 1. The molecule has 0 aliphatic rings. The number of hydrogen-bond acceptors (Lipinski definition) is 3. The largest absolute Gasteiger partial charge is 0.481 e. The molecule has 1 aromatic heterocycles. The highest BCUT2D eigenvalue weighted by atomic mass is 35.5. The summed E-state index contributed by atoms with van der Waals surface area (Å²) >= 11 is 7.05. The number of thioether (sulfide) groups is 1. The number of fused-ring (bicyclic) bond motifs is 1. The van der Waals surface area contributed by atoms with Gasteiger partial charge in [0, 0.05) is 5.03 Å². The van der Waals surface area contributed by atoms with Crippen molar-refractivity contribution in [3.05, 3.63) is 35.4 Å². The van der Waals surface area contributed by atoms with Crippen LogP contribution in [0.15, 0.2) is 35.0 Å². The highest BCUT2D eigenvalue weighted by Gasteiger charge is 2.13. The summed E-state index contributed by atoms with van der Waals surface area (Å²) in [6, 6.07) is 5.92. The molecule has 2 aromatic rings. The molecule has 0 atom stereocenters. The molecule has 6 heteroatoms. The van der Waals surface area contributed by atoms with Gasteiger partial charge in [-0.3, -0.25) is 4.79 Å². The second-order valence-electron chi connectivity index (χ2n) is 4.17. The van der Waals surface area contributed by atoms with Gasteiger partial charge in [0.1, 0.15) is 0 Å². The third-order valence-corrected chi connectivity index (χ3v) is 3.60. The lowest BCUT2D eigenvalue weighted by Crippen LogP contribution is -2.03. The summed E-state index contributed by atoms with van der Waals surface area (Å²) in [4.78, 5) is 15.1. The van der Waals surface area contributed by atoms with Gasteiger partial charge in [0.2, 0.25) is 0 Å².